The van der Waals surface area contributed by atoms with Gasteiger partial charge in [-0.3, -0.25) is 9.69 Å². The Morgan fingerprint density at radius 3 is 2.18 bits per heavy atom. The number of carbonyl (C=O) groups excluding carboxylic acids is 1. The lowest BCUT2D eigenvalue weighted by molar-refractivity contribution is -0.121. The van der Waals surface area contributed by atoms with E-state index in [4.69, 9.17) is 0 Å². The molecule has 0 aromatic heterocycles. The number of amides is 1. The standard InChI is InChI=1S/C21H33N3O3S/c1-16-13-17(2)15-23(14-16)18(3)21(25)22-19-7-9-20(10-8-19)28(26,27)24-11-5-4-6-12-24/h7-10,16-18H,4-6,11-15H2,1-3H3,(H,22,25)/t16-,17+,18-/m0/s1. The third-order valence-electron chi connectivity index (χ3n) is 5.90. The van der Waals surface area contributed by atoms with Gasteiger partial charge in [0.25, 0.3) is 0 Å². The van der Waals surface area contributed by atoms with Gasteiger partial charge in [0, 0.05) is 31.9 Å². The molecule has 1 aromatic rings. The lowest BCUT2D eigenvalue weighted by Gasteiger charge is -2.38. The van der Waals surface area contributed by atoms with Gasteiger partial charge in [0.1, 0.15) is 0 Å². The van der Waals surface area contributed by atoms with Crippen LogP contribution in [0.4, 0.5) is 5.69 Å². The van der Waals surface area contributed by atoms with Gasteiger partial charge in [0.05, 0.1) is 10.9 Å². The number of sulfonamides is 1. The van der Waals surface area contributed by atoms with Crippen LogP contribution in [-0.2, 0) is 14.8 Å². The number of nitrogens with zero attached hydrogens (tertiary/aromatic N) is 2. The quantitative estimate of drug-likeness (QED) is 0.814. The Hall–Kier alpha value is -1.44. The van der Waals surface area contributed by atoms with Crippen molar-refractivity contribution < 1.29 is 13.2 Å². The molecular weight excluding hydrogens is 374 g/mol. The average molecular weight is 408 g/mol. The Bertz CT molecular complexity index is 763. The second-order valence-electron chi connectivity index (χ2n) is 8.55. The molecule has 0 aliphatic carbocycles. The van der Waals surface area contributed by atoms with Crippen LogP contribution in [0.15, 0.2) is 29.2 Å². The summed E-state index contributed by atoms with van der Waals surface area (Å²) in [5.41, 5.74) is 0.632. The van der Waals surface area contributed by atoms with Gasteiger partial charge in [0.15, 0.2) is 0 Å². The Morgan fingerprint density at radius 1 is 1.04 bits per heavy atom. The summed E-state index contributed by atoms with van der Waals surface area (Å²) >= 11 is 0. The predicted octanol–water partition coefficient (Wildman–Crippen LogP) is 3.17. The minimum atomic E-state index is -3.44. The van der Waals surface area contributed by atoms with E-state index >= 15 is 0 Å². The molecule has 156 valence electrons. The third kappa shape index (κ3) is 4.93. The molecule has 0 radical (unpaired) electrons. The Balaban J connectivity index is 1.62. The largest absolute Gasteiger partial charge is 0.325 e. The fraction of sp³-hybridized carbons (Fsp3) is 0.667. The van der Waals surface area contributed by atoms with Crippen molar-refractivity contribution in [1.82, 2.24) is 9.21 Å². The van der Waals surface area contributed by atoms with Crippen molar-refractivity contribution in [3.8, 4) is 0 Å². The molecule has 1 aromatic carbocycles. The number of hydrogen-bond acceptors (Lipinski definition) is 4. The molecule has 2 heterocycles. The average Bonchev–Trinajstić information content (AvgIpc) is 2.67. The molecule has 1 N–H and O–H groups in total. The molecule has 28 heavy (non-hydrogen) atoms. The van der Waals surface area contributed by atoms with Crippen LogP contribution < -0.4 is 5.32 Å². The van der Waals surface area contributed by atoms with Gasteiger partial charge in [-0.25, -0.2) is 8.42 Å². The summed E-state index contributed by atoms with van der Waals surface area (Å²) < 4.78 is 27.0. The highest BCUT2D eigenvalue weighted by Gasteiger charge is 2.29. The number of piperidine rings is 2. The van der Waals surface area contributed by atoms with E-state index < -0.39 is 10.0 Å². The van der Waals surface area contributed by atoms with Gasteiger partial charge >= 0.3 is 0 Å². The van der Waals surface area contributed by atoms with Gasteiger partial charge in [0.2, 0.25) is 15.9 Å². The topological polar surface area (TPSA) is 69.7 Å². The van der Waals surface area contributed by atoms with E-state index in [-0.39, 0.29) is 11.9 Å². The third-order valence-corrected chi connectivity index (χ3v) is 7.81. The Labute approximate surface area is 169 Å². The lowest BCUT2D eigenvalue weighted by Crippen LogP contribution is -2.48. The summed E-state index contributed by atoms with van der Waals surface area (Å²) in [4.78, 5) is 15.2. The second-order valence-corrected chi connectivity index (χ2v) is 10.5. The normalized spacial score (nSPS) is 26.0. The van der Waals surface area contributed by atoms with E-state index in [9.17, 15) is 13.2 Å². The molecule has 7 heteroatoms. The number of hydrogen-bond donors (Lipinski definition) is 1. The van der Waals surface area contributed by atoms with Gasteiger partial charge in [-0.15, -0.1) is 0 Å². The molecule has 2 saturated heterocycles. The van der Waals surface area contributed by atoms with Gasteiger partial charge in [-0.1, -0.05) is 20.3 Å². The van der Waals surface area contributed by atoms with Crippen LogP contribution in [0.1, 0.15) is 46.5 Å². The van der Waals surface area contributed by atoms with Crippen molar-refractivity contribution in [3.05, 3.63) is 24.3 Å². The van der Waals surface area contributed by atoms with E-state index in [0.717, 1.165) is 32.4 Å². The van der Waals surface area contributed by atoms with Crippen molar-refractivity contribution in [3.63, 3.8) is 0 Å². The molecule has 0 bridgehead atoms. The smallest absolute Gasteiger partial charge is 0.243 e. The highest BCUT2D eigenvalue weighted by Crippen LogP contribution is 2.24. The Morgan fingerprint density at radius 2 is 1.61 bits per heavy atom. The summed E-state index contributed by atoms with van der Waals surface area (Å²) in [6.45, 7) is 9.45. The van der Waals surface area contributed by atoms with E-state index in [0.29, 0.717) is 35.5 Å². The molecule has 3 rings (SSSR count). The zero-order chi connectivity index (χ0) is 20.3. The number of carbonyl (C=O) groups is 1. The van der Waals surface area contributed by atoms with Crippen LogP contribution in [0, 0.1) is 11.8 Å². The molecule has 0 saturated carbocycles. The highest BCUT2D eigenvalue weighted by atomic mass is 32.2. The molecule has 0 unspecified atom stereocenters. The van der Waals surface area contributed by atoms with Crippen LogP contribution in [0.5, 0.6) is 0 Å². The molecule has 0 spiro atoms. The maximum absolute atomic E-state index is 12.7. The van der Waals surface area contributed by atoms with Crippen LogP contribution in [0.3, 0.4) is 0 Å². The van der Waals surface area contributed by atoms with Crippen molar-refractivity contribution in [2.75, 3.05) is 31.5 Å². The van der Waals surface area contributed by atoms with Crippen LogP contribution >= 0.6 is 0 Å². The van der Waals surface area contributed by atoms with Crippen LogP contribution in [-0.4, -0.2) is 55.8 Å². The molecule has 1 amide bonds. The van der Waals surface area contributed by atoms with Crippen LogP contribution in [0.2, 0.25) is 0 Å². The molecule has 2 fully saturated rings. The predicted molar refractivity (Wildman–Crippen MR) is 112 cm³/mol. The van der Waals surface area contributed by atoms with Gasteiger partial charge in [-0.2, -0.15) is 4.31 Å². The lowest BCUT2D eigenvalue weighted by atomic mass is 9.91. The fourth-order valence-electron chi connectivity index (χ4n) is 4.40. The number of rotatable bonds is 5. The maximum atomic E-state index is 12.7. The maximum Gasteiger partial charge on any atom is 0.243 e. The molecule has 3 atom stereocenters. The van der Waals surface area contributed by atoms with Gasteiger partial charge in [-0.05, 0) is 62.3 Å². The fourth-order valence-corrected chi connectivity index (χ4v) is 5.92. The summed E-state index contributed by atoms with van der Waals surface area (Å²) in [5, 5.41) is 2.94. The number of anilines is 1. The SMILES string of the molecule is C[C@@H]1C[C@H](C)CN([C@@H](C)C(=O)Nc2ccc(S(=O)(=O)N3CCCCC3)cc2)C1. The molecule has 2 aliphatic rings. The van der Waals surface area contributed by atoms with Crippen molar-refractivity contribution in [2.24, 2.45) is 11.8 Å². The molecular formula is C21H33N3O3S. The zero-order valence-corrected chi connectivity index (χ0v) is 18.0. The summed E-state index contributed by atoms with van der Waals surface area (Å²) in [6, 6.07) is 6.35. The number of benzene rings is 1. The molecule has 2 aliphatic heterocycles. The van der Waals surface area contributed by atoms with E-state index in [2.05, 4.69) is 24.1 Å². The Kier molecular flexibility index (Phi) is 6.78. The zero-order valence-electron chi connectivity index (χ0n) is 17.2. The van der Waals surface area contributed by atoms with Crippen molar-refractivity contribution in [1.29, 1.82) is 0 Å². The first-order valence-electron chi connectivity index (χ1n) is 10.4. The second kappa shape index (κ2) is 8.93. The van der Waals surface area contributed by atoms with E-state index in [1.54, 1.807) is 28.6 Å². The summed E-state index contributed by atoms with van der Waals surface area (Å²) in [7, 11) is -3.44. The first-order chi connectivity index (χ1) is 13.3. The first-order valence-corrected chi connectivity index (χ1v) is 11.9. The van der Waals surface area contributed by atoms with E-state index in [1.165, 1.54) is 6.42 Å². The first kappa shape index (κ1) is 21.3. The summed E-state index contributed by atoms with van der Waals surface area (Å²) in [5.74, 6) is 1.14. The minimum Gasteiger partial charge on any atom is -0.325 e. The molecule has 6 nitrogen and oxygen atoms in total. The van der Waals surface area contributed by atoms with Crippen molar-refractivity contribution >= 4 is 21.6 Å². The number of nitrogens with one attached hydrogen (secondary N) is 1. The van der Waals surface area contributed by atoms with Crippen LogP contribution in [0.25, 0.3) is 0 Å². The minimum absolute atomic E-state index is 0.0482. The van der Waals surface area contributed by atoms with E-state index in [1.807, 2.05) is 6.92 Å². The van der Waals surface area contributed by atoms with Crippen molar-refractivity contribution in [2.45, 2.75) is 57.4 Å². The summed E-state index contributed by atoms with van der Waals surface area (Å²) in [6.07, 6.45) is 4.12. The monoisotopic (exact) mass is 407 g/mol. The van der Waals surface area contributed by atoms with Gasteiger partial charge < -0.3 is 5.32 Å². The number of likely N-dealkylation sites (tertiary alicyclic amines) is 1. The highest BCUT2D eigenvalue weighted by molar-refractivity contribution is 7.89.